The van der Waals surface area contributed by atoms with Crippen LogP contribution >= 0.6 is 62.3 Å². The molecule has 0 spiro atoms. The molecule has 3 nitrogen and oxygen atoms in total. The molecule has 3 rings (SSSR count). The second-order valence-corrected chi connectivity index (χ2v) is 9.61. The number of halogens is 9. The number of nitrogens with zero attached hydrogens (tertiary/aromatic N) is 2. The lowest BCUT2D eigenvalue weighted by molar-refractivity contribution is -0.137. The quantitative estimate of drug-likeness (QED) is 0.227. The van der Waals surface area contributed by atoms with Crippen LogP contribution < -0.4 is 0 Å². The number of hydrogen-bond donors (Lipinski definition) is 0. The van der Waals surface area contributed by atoms with Crippen molar-refractivity contribution in [2.24, 2.45) is 0 Å². The van der Waals surface area contributed by atoms with Gasteiger partial charge in [0.2, 0.25) is 0 Å². The molecule has 0 saturated carbocycles. The zero-order valence-corrected chi connectivity index (χ0v) is 19.9. The van der Waals surface area contributed by atoms with Crippen LogP contribution in [-0.4, -0.2) is 8.78 Å². The summed E-state index contributed by atoms with van der Waals surface area (Å²) in [5, 5.41) is 8.08. The van der Waals surface area contributed by atoms with Crippen LogP contribution in [0.4, 0.5) is 17.6 Å². The zero-order chi connectivity index (χ0) is 23.2. The van der Waals surface area contributed by atoms with E-state index in [4.69, 9.17) is 46.4 Å². The van der Waals surface area contributed by atoms with Crippen molar-refractivity contribution in [3.05, 3.63) is 72.1 Å². The highest BCUT2D eigenvalue weighted by atomic mass is 79.9. The SMILES string of the molecule is N#Cc1c(S(=O)c2ccc(F)c(Cl)c2Cl)cn(-c2c(Cl)cc(C(F)(F)F)cc2Cl)c1Br. The molecule has 1 aromatic heterocycles. The Kier molecular flexibility index (Phi) is 7.02. The van der Waals surface area contributed by atoms with Crippen molar-refractivity contribution in [1.29, 1.82) is 5.26 Å². The Morgan fingerprint density at radius 3 is 2.13 bits per heavy atom. The monoisotopic (exact) mass is 592 g/mol. The molecule has 1 heterocycles. The van der Waals surface area contributed by atoms with Crippen LogP contribution in [0.5, 0.6) is 0 Å². The Balaban J connectivity index is 2.21. The first-order chi connectivity index (χ1) is 14.4. The number of benzene rings is 2. The Hall–Kier alpha value is -1.28. The molecule has 1 atom stereocenters. The average molecular weight is 595 g/mol. The van der Waals surface area contributed by atoms with E-state index in [1.54, 1.807) is 0 Å². The van der Waals surface area contributed by atoms with Crippen molar-refractivity contribution >= 4 is 73.1 Å². The number of aromatic nitrogens is 1. The van der Waals surface area contributed by atoms with Crippen LogP contribution in [0.15, 0.2) is 44.9 Å². The van der Waals surface area contributed by atoms with E-state index in [1.165, 1.54) is 10.8 Å². The van der Waals surface area contributed by atoms with Gasteiger partial charge >= 0.3 is 6.18 Å². The third-order valence-electron chi connectivity index (χ3n) is 4.01. The van der Waals surface area contributed by atoms with E-state index in [0.29, 0.717) is 12.1 Å². The van der Waals surface area contributed by atoms with Crippen LogP contribution in [-0.2, 0) is 17.0 Å². The van der Waals surface area contributed by atoms with Gasteiger partial charge in [0.05, 0.1) is 51.9 Å². The topological polar surface area (TPSA) is 45.8 Å². The van der Waals surface area contributed by atoms with Crippen LogP contribution in [0.3, 0.4) is 0 Å². The van der Waals surface area contributed by atoms with Crippen LogP contribution in [0.1, 0.15) is 11.1 Å². The molecule has 3 aromatic rings. The van der Waals surface area contributed by atoms with Crippen molar-refractivity contribution < 1.29 is 21.8 Å². The number of alkyl halides is 3. The fourth-order valence-electron chi connectivity index (χ4n) is 2.59. The maximum Gasteiger partial charge on any atom is 0.416 e. The number of rotatable bonds is 3. The summed E-state index contributed by atoms with van der Waals surface area (Å²) in [5.74, 6) is -0.824. The van der Waals surface area contributed by atoms with E-state index in [0.717, 1.165) is 12.1 Å². The van der Waals surface area contributed by atoms with E-state index >= 15 is 0 Å². The second-order valence-electron chi connectivity index (χ2n) is 5.87. The van der Waals surface area contributed by atoms with E-state index in [9.17, 15) is 27.0 Å². The Morgan fingerprint density at radius 2 is 1.61 bits per heavy atom. The first kappa shape index (κ1) is 24.4. The molecule has 0 N–H and O–H groups in total. The summed E-state index contributed by atoms with van der Waals surface area (Å²) in [5.41, 5.74) is -1.26. The summed E-state index contributed by atoms with van der Waals surface area (Å²) < 4.78 is 66.9. The Labute approximate surface area is 203 Å². The maximum absolute atomic E-state index is 13.6. The van der Waals surface area contributed by atoms with Gasteiger partial charge in [0.15, 0.2) is 0 Å². The summed E-state index contributed by atoms with van der Waals surface area (Å²) in [4.78, 5) is -0.148. The minimum absolute atomic E-state index is 0.0336. The highest BCUT2D eigenvalue weighted by Crippen LogP contribution is 2.41. The summed E-state index contributed by atoms with van der Waals surface area (Å²) in [6, 6.07) is 5.30. The first-order valence-corrected chi connectivity index (χ1v) is 11.3. The predicted octanol–water partition coefficient (Wildman–Crippen LogP) is 8.05. The van der Waals surface area contributed by atoms with E-state index < -0.39 is 33.4 Å². The van der Waals surface area contributed by atoms with E-state index in [-0.39, 0.29) is 40.7 Å². The number of hydrogen-bond acceptors (Lipinski definition) is 2. The summed E-state index contributed by atoms with van der Waals surface area (Å²) in [6.07, 6.45) is -3.48. The first-order valence-electron chi connectivity index (χ1n) is 7.81. The van der Waals surface area contributed by atoms with Gasteiger partial charge in [0, 0.05) is 6.20 Å². The lowest BCUT2D eigenvalue weighted by Gasteiger charge is -2.14. The van der Waals surface area contributed by atoms with Gasteiger partial charge in [-0.05, 0) is 40.2 Å². The summed E-state index contributed by atoms with van der Waals surface area (Å²) in [7, 11) is -2.11. The Bertz CT molecular complexity index is 1260. The fourth-order valence-corrected chi connectivity index (χ4v) is 5.78. The van der Waals surface area contributed by atoms with E-state index in [1.807, 2.05) is 6.07 Å². The van der Waals surface area contributed by atoms with Crippen LogP contribution in [0, 0.1) is 17.1 Å². The maximum atomic E-state index is 13.6. The van der Waals surface area contributed by atoms with Crippen molar-refractivity contribution in [3.8, 4) is 11.8 Å². The molecule has 13 heteroatoms. The molecule has 0 amide bonds. The average Bonchev–Trinajstić information content (AvgIpc) is 3.00. The summed E-state index contributed by atoms with van der Waals surface area (Å²) >= 11 is 27.0. The lowest BCUT2D eigenvalue weighted by atomic mass is 10.2. The molecular formula is C18H5BrCl4F4N2OS. The van der Waals surface area contributed by atoms with Crippen molar-refractivity contribution in [3.63, 3.8) is 0 Å². The molecule has 0 aliphatic rings. The molecule has 1 unspecified atom stereocenters. The van der Waals surface area contributed by atoms with Gasteiger partial charge in [-0.3, -0.25) is 0 Å². The van der Waals surface area contributed by atoms with Crippen molar-refractivity contribution in [2.45, 2.75) is 16.0 Å². The normalized spacial score (nSPS) is 12.6. The molecule has 0 bridgehead atoms. The van der Waals surface area contributed by atoms with Gasteiger partial charge < -0.3 is 4.57 Å². The molecule has 0 aliphatic heterocycles. The minimum Gasteiger partial charge on any atom is -0.306 e. The predicted molar refractivity (Wildman–Crippen MR) is 114 cm³/mol. The van der Waals surface area contributed by atoms with Gasteiger partial charge in [-0.2, -0.15) is 18.4 Å². The third-order valence-corrected chi connectivity index (χ3v) is 7.78. The lowest BCUT2D eigenvalue weighted by Crippen LogP contribution is -2.06. The highest BCUT2D eigenvalue weighted by Gasteiger charge is 2.33. The molecule has 31 heavy (non-hydrogen) atoms. The van der Waals surface area contributed by atoms with Gasteiger partial charge in [0.25, 0.3) is 0 Å². The molecule has 2 aromatic carbocycles. The molecule has 0 fully saturated rings. The minimum atomic E-state index is -4.68. The highest BCUT2D eigenvalue weighted by molar-refractivity contribution is 9.10. The number of nitriles is 1. The second kappa shape index (κ2) is 8.93. The molecule has 0 aliphatic carbocycles. The molecule has 162 valence electrons. The molecule has 0 radical (unpaired) electrons. The van der Waals surface area contributed by atoms with Crippen molar-refractivity contribution in [1.82, 2.24) is 4.57 Å². The molecule has 0 saturated heterocycles. The zero-order valence-electron chi connectivity index (χ0n) is 14.5. The fraction of sp³-hybridized carbons (Fsp3) is 0.0556. The van der Waals surface area contributed by atoms with E-state index in [2.05, 4.69) is 15.9 Å². The van der Waals surface area contributed by atoms with Gasteiger partial charge in [-0.25, -0.2) is 8.60 Å². The van der Waals surface area contributed by atoms with Gasteiger partial charge in [-0.15, -0.1) is 0 Å². The standard InChI is InChI=1S/C18H5BrCl4F4N2OS/c19-17-8(5-28)13(31(30)12-2-1-11(24)14(22)15(12)23)6-29(17)16-9(20)3-7(4-10(16)21)18(25,26)27/h1-4,6H. The third kappa shape index (κ3) is 4.47. The van der Waals surface area contributed by atoms with Crippen molar-refractivity contribution in [2.75, 3.05) is 0 Å². The van der Waals surface area contributed by atoms with Crippen LogP contribution in [0.25, 0.3) is 5.69 Å². The Morgan fingerprint density at radius 1 is 1.03 bits per heavy atom. The van der Waals surface area contributed by atoms with Gasteiger partial charge in [-0.1, -0.05) is 46.4 Å². The molecular weight excluding hydrogens is 590 g/mol. The summed E-state index contributed by atoms with van der Waals surface area (Å²) in [6.45, 7) is 0. The van der Waals surface area contributed by atoms with Gasteiger partial charge in [0.1, 0.15) is 22.1 Å². The van der Waals surface area contributed by atoms with Crippen LogP contribution in [0.2, 0.25) is 20.1 Å². The largest absolute Gasteiger partial charge is 0.416 e. The smallest absolute Gasteiger partial charge is 0.306 e.